The summed E-state index contributed by atoms with van der Waals surface area (Å²) in [5.41, 5.74) is -6.55. The van der Waals surface area contributed by atoms with Crippen molar-refractivity contribution in [1.82, 2.24) is 4.98 Å². The highest BCUT2D eigenvalue weighted by molar-refractivity contribution is 7.93. The topological polar surface area (TPSA) is 112 Å². The molecule has 1 atom stereocenters. The Labute approximate surface area is 162 Å². The number of pyridine rings is 1. The molecule has 4 rings (SSSR count). The zero-order valence-electron chi connectivity index (χ0n) is 14.5. The van der Waals surface area contributed by atoms with Crippen LogP contribution in [-0.2, 0) is 10.0 Å². The highest BCUT2D eigenvalue weighted by Gasteiger charge is 2.52. The minimum absolute atomic E-state index is 0.0783. The van der Waals surface area contributed by atoms with Gasteiger partial charge in [-0.2, -0.15) is 21.6 Å². The number of rotatable bonds is 3. The molecule has 1 fully saturated rings. The molecule has 152 valence electrons. The molecule has 0 amide bonds. The Morgan fingerprint density at radius 3 is 2.52 bits per heavy atom. The van der Waals surface area contributed by atoms with Crippen LogP contribution >= 0.6 is 0 Å². The van der Waals surface area contributed by atoms with Crippen molar-refractivity contribution in [3.63, 3.8) is 0 Å². The van der Waals surface area contributed by atoms with Crippen LogP contribution in [0.4, 0.5) is 30.2 Å². The molecule has 3 heterocycles. The average Bonchev–Trinajstić information content (AvgIpc) is 2.99. The van der Waals surface area contributed by atoms with E-state index in [1.807, 2.05) is 0 Å². The van der Waals surface area contributed by atoms with Crippen LogP contribution in [0.5, 0.6) is 0 Å². The minimum atomic E-state index is -5.53. The second kappa shape index (κ2) is 6.26. The van der Waals surface area contributed by atoms with Gasteiger partial charge in [-0.25, -0.2) is 4.99 Å². The van der Waals surface area contributed by atoms with E-state index >= 15 is 0 Å². The number of aromatic nitrogens is 1. The second-order valence-electron chi connectivity index (χ2n) is 6.52. The number of alkyl halides is 3. The maximum atomic E-state index is 12.7. The monoisotopic (exact) mass is 426 g/mol. The molecule has 1 unspecified atom stereocenters. The first-order valence-electron chi connectivity index (χ1n) is 8.30. The fourth-order valence-electron chi connectivity index (χ4n) is 3.26. The molecule has 0 saturated carbocycles. The molecule has 0 radical (unpaired) electrons. The largest absolute Gasteiger partial charge is 0.516 e. The van der Waals surface area contributed by atoms with E-state index < -0.39 is 26.9 Å². The molecule has 1 saturated heterocycles. The predicted molar refractivity (Wildman–Crippen MR) is 97.6 cm³/mol. The predicted octanol–water partition coefficient (Wildman–Crippen LogP) is 2.21. The molecule has 0 spiro atoms. The summed E-state index contributed by atoms with van der Waals surface area (Å²) in [6.07, 6.45) is 2.90. The number of Topliss-reactive ketones (excluding diaryl/α,β-unsaturated/α-hetero) is 1. The Morgan fingerprint density at radius 2 is 1.86 bits per heavy atom. The van der Waals surface area contributed by atoms with Crippen LogP contribution in [0.15, 0.2) is 47.7 Å². The number of halogens is 3. The number of benzene rings is 1. The van der Waals surface area contributed by atoms with Crippen LogP contribution in [0.3, 0.4) is 0 Å². The quantitative estimate of drug-likeness (QED) is 0.779. The summed E-state index contributed by atoms with van der Waals surface area (Å²) in [6, 6.07) is 6.50. The van der Waals surface area contributed by atoms with Gasteiger partial charge in [-0.05, 0) is 30.3 Å². The van der Waals surface area contributed by atoms with Gasteiger partial charge in [0.1, 0.15) is 5.84 Å². The molecule has 1 aromatic carbocycles. The van der Waals surface area contributed by atoms with Crippen LogP contribution in [0.2, 0.25) is 0 Å². The number of nitrogens with one attached hydrogen (secondary N) is 1. The SMILES string of the molecule is O=C1c2ccncc2N=C2N(c3ccc(NS(=O)(=O)C(F)(F)F)cc3)CCC12O. The van der Waals surface area contributed by atoms with E-state index in [1.54, 1.807) is 4.90 Å². The van der Waals surface area contributed by atoms with Gasteiger partial charge in [0, 0.05) is 30.5 Å². The Balaban J connectivity index is 1.65. The molecule has 1 aromatic heterocycles. The molecule has 29 heavy (non-hydrogen) atoms. The van der Waals surface area contributed by atoms with E-state index in [9.17, 15) is 31.5 Å². The van der Waals surface area contributed by atoms with Gasteiger partial charge in [-0.3, -0.25) is 14.5 Å². The first-order chi connectivity index (χ1) is 13.5. The van der Waals surface area contributed by atoms with Gasteiger partial charge in [-0.1, -0.05) is 0 Å². The molecule has 12 heteroatoms. The van der Waals surface area contributed by atoms with E-state index in [4.69, 9.17) is 0 Å². The van der Waals surface area contributed by atoms with Gasteiger partial charge in [0.15, 0.2) is 5.60 Å². The van der Waals surface area contributed by atoms with Gasteiger partial charge < -0.3 is 10.0 Å². The number of fused-ring (bicyclic) bond motifs is 2. The molecule has 0 aliphatic carbocycles. The number of aliphatic hydroxyl groups is 1. The molecule has 2 aliphatic heterocycles. The lowest BCUT2D eigenvalue weighted by Gasteiger charge is -2.29. The summed E-state index contributed by atoms with van der Waals surface area (Å²) in [6.45, 7) is 0.232. The van der Waals surface area contributed by atoms with Gasteiger partial charge in [0.25, 0.3) is 0 Å². The Bertz CT molecular complexity index is 1130. The van der Waals surface area contributed by atoms with E-state index in [1.165, 1.54) is 35.3 Å². The van der Waals surface area contributed by atoms with Crippen LogP contribution in [-0.4, -0.2) is 47.8 Å². The molecular formula is C17H13F3N4O4S. The van der Waals surface area contributed by atoms with Crippen LogP contribution < -0.4 is 9.62 Å². The van der Waals surface area contributed by atoms with E-state index in [2.05, 4.69) is 9.98 Å². The van der Waals surface area contributed by atoms with Crippen molar-refractivity contribution < 1.29 is 31.5 Å². The van der Waals surface area contributed by atoms with Crippen molar-refractivity contribution in [2.24, 2.45) is 4.99 Å². The maximum absolute atomic E-state index is 12.7. The van der Waals surface area contributed by atoms with Gasteiger partial charge >= 0.3 is 15.5 Å². The first-order valence-corrected chi connectivity index (χ1v) is 9.78. The van der Waals surface area contributed by atoms with Crippen molar-refractivity contribution in [3.05, 3.63) is 48.3 Å². The lowest BCUT2D eigenvalue weighted by atomic mass is 9.88. The van der Waals surface area contributed by atoms with Crippen molar-refractivity contribution in [2.45, 2.75) is 17.5 Å². The summed E-state index contributed by atoms with van der Waals surface area (Å²) >= 11 is 0. The Morgan fingerprint density at radius 1 is 1.17 bits per heavy atom. The fraction of sp³-hybridized carbons (Fsp3) is 0.235. The van der Waals surface area contributed by atoms with Gasteiger partial charge in [0.05, 0.1) is 17.4 Å². The maximum Gasteiger partial charge on any atom is 0.516 e. The minimum Gasteiger partial charge on any atom is -0.374 e. The van der Waals surface area contributed by atoms with Crippen molar-refractivity contribution >= 4 is 38.7 Å². The molecular weight excluding hydrogens is 413 g/mol. The third kappa shape index (κ3) is 3.04. The summed E-state index contributed by atoms with van der Waals surface area (Å²) < 4.78 is 61.3. The van der Waals surface area contributed by atoms with E-state index in [0.717, 1.165) is 12.1 Å². The Hall–Kier alpha value is -2.99. The number of ketones is 1. The van der Waals surface area contributed by atoms with E-state index in [0.29, 0.717) is 11.4 Å². The van der Waals surface area contributed by atoms with Gasteiger partial charge in [0.2, 0.25) is 5.78 Å². The van der Waals surface area contributed by atoms with E-state index in [-0.39, 0.29) is 30.1 Å². The summed E-state index contributed by atoms with van der Waals surface area (Å²) in [4.78, 5) is 22.6. The highest BCUT2D eigenvalue weighted by Crippen LogP contribution is 2.39. The molecule has 2 N–H and O–H groups in total. The summed E-state index contributed by atoms with van der Waals surface area (Å²) in [5, 5.41) is 10.9. The number of hydrogen-bond donors (Lipinski definition) is 2. The number of nitrogens with zero attached hydrogens (tertiary/aromatic N) is 3. The number of aliphatic imine (C=N–C) groups is 1. The molecule has 0 bridgehead atoms. The first kappa shape index (κ1) is 19.3. The van der Waals surface area contributed by atoms with Crippen LogP contribution in [0, 0.1) is 0 Å². The lowest BCUT2D eigenvalue weighted by molar-refractivity contribution is -0.0429. The zero-order valence-corrected chi connectivity index (χ0v) is 15.3. The number of sulfonamides is 1. The third-order valence-corrected chi connectivity index (χ3v) is 5.82. The summed E-state index contributed by atoms with van der Waals surface area (Å²) in [5.74, 6) is -0.413. The van der Waals surface area contributed by atoms with Crippen molar-refractivity contribution in [3.8, 4) is 0 Å². The Kier molecular flexibility index (Phi) is 4.17. The highest BCUT2D eigenvalue weighted by atomic mass is 32.2. The number of hydrogen-bond acceptors (Lipinski definition) is 7. The number of carbonyl (C=O) groups excluding carboxylic acids is 1. The zero-order chi connectivity index (χ0) is 21.0. The standard InChI is InChI=1S/C17H13F3N4O4S/c18-17(19,20)29(27,28)23-10-1-3-11(4-2-10)24-8-6-16(26)14(25)12-5-7-21-9-13(12)22-15(16)24/h1-5,7,9,23,26H,6,8H2. The third-order valence-electron chi connectivity index (χ3n) is 4.71. The van der Waals surface area contributed by atoms with Crippen molar-refractivity contribution in [2.75, 3.05) is 16.2 Å². The number of anilines is 2. The second-order valence-corrected chi connectivity index (χ2v) is 8.19. The molecule has 2 aromatic rings. The number of carbonyl (C=O) groups is 1. The van der Waals surface area contributed by atoms with Crippen molar-refractivity contribution in [1.29, 1.82) is 0 Å². The van der Waals surface area contributed by atoms with Crippen LogP contribution in [0.1, 0.15) is 16.8 Å². The normalized spacial score (nSPS) is 21.4. The lowest BCUT2D eigenvalue weighted by Crippen LogP contribution is -2.48. The molecule has 8 nitrogen and oxygen atoms in total. The smallest absolute Gasteiger partial charge is 0.374 e. The van der Waals surface area contributed by atoms with Crippen LogP contribution in [0.25, 0.3) is 0 Å². The number of amidine groups is 1. The average molecular weight is 426 g/mol. The van der Waals surface area contributed by atoms with Gasteiger partial charge in [-0.15, -0.1) is 0 Å². The fourth-order valence-corrected chi connectivity index (χ4v) is 3.82. The molecule has 2 aliphatic rings. The summed E-state index contributed by atoms with van der Waals surface area (Å²) in [7, 11) is -5.53.